The number of amides is 1. The van der Waals surface area contributed by atoms with E-state index >= 15 is 0 Å². The van der Waals surface area contributed by atoms with E-state index in [0.717, 1.165) is 64.2 Å². The molecule has 0 saturated carbocycles. The molecule has 0 aliphatic carbocycles. The molecule has 66 heavy (non-hydrogen) atoms. The smallest absolute Gasteiger partial charge is 0.305 e. The van der Waals surface area contributed by atoms with E-state index in [1.54, 1.807) is 6.08 Å². The lowest BCUT2D eigenvalue weighted by Crippen LogP contribution is -2.45. The summed E-state index contributed by atoms with van der Waals surface area (Å²) in [5.74, 6) is -0.0967. The van der Waals surface area contributed by atoms with Gasteiger partial charge in [-0.3, -0.25) is 9.59 Å². The molecule has 6 nitrogen and oxygen atoms in total. The topological polar surface area (TPSA) is 95.9 Å². The molecule has 2 unspecified atom stereocenters. The van der Waals surface area contributed by atoms with Crippen molar-refractivity contribution in [3.8, 4) is 0 Å². The molecule has 0 aromatic rings. The van der Waals surface area contributed by atoms with Gasteiger partial charge in [-0.05, 0) is 83.5 Å². The second-order valence-electron chi connectivity index (χ2n) is 20.0. The van der Waals surface area contributed by atoms with Gasteiger partial charge in [-0.15, -0.1) is 0 Å². The zero-order valence-electron chi connectivity index (χ0n) is 44.2. The van der Waals surface area contributed by atoms with Crippen LogP contribution in [0.4, 0.5) is 0 Å². The Kier molecular flexibility index (Phi) is 54.1. The number of aliphatic hydroxyl groups excluding tert-OH is 2. The van der Waals surface area contributed by atoms with Gasteiger partial charge in [0.2, 0.25) is 5.91 Å². The van der Waals surface area contributed by atoms with Crippen molar-refractivity contribution in [1.82, 2.24) is 5.32 Å². The Morgan fingerprint density at radius 1 is 0.409 bits per heavy atom. The summed E-state index contributed by atoms with van der Waals surface area (Å²) >= 11 is 0. The van der Waals surface area contributed by atoms with Crippen molar-refractivity contribution in [3.05, 3.63) is 36.5 Å². The minimum absolute atomic E-state index is 0.0131. The van der Waals surface area contributed by atoms with E-state index in [2.05, 4.69) is 43.5 Å². The highest BCUT2D eigenvalue weighted by Crippen LogP contribution is 2.16. The molecule has 388 valence electrons. The number of ether oxygens (including phenoxy) is 1. The number of nitrogens with one attached hydrogen (secondary N) is 1. The van der Waals surface area contributed by atoms with Gasteiger partial charge in [0.05, 0.1) is 25.4 Å². The molecule has 2 atom stereocenters. The number of hydrogen-bond acceptors (Lipinski definition) is 5. The van der Waals surface area contributed by atoms with Crippen LogP contribution in [0.2, 0.25) is 0 Å². The van der Waals surface area contributed by atoms with E-state index in [1.807, 2.05) is 6.08 Å². The molecular weight excluding hydrogens is 815 g/mol. The van der Waals surface area contributed by atoms with Crippen LogP contribution in [0.15, 0.2) is 36.5 Å². The lowest BCUT2D eigenvalue weighted by Gasteiger charge is -2.20. The third kappa shape index (κ3) is 51.5. The number of esters is 1. The summed E-state index contributed by atoms with van der Waals surface area (Å²) in [5, 5.41) is 23.2. The third-order valence-corrected chi connectivity index (χ3v) is 13.4. The van der Waals surface area contributed by atoms with Crippen LogP contribution in [0.5, 0.6) is 0 Å². The summed E-state index contributed by atoms with van der Waals surface area (Å²) in [7, 11) is 0. The summed E-state index contributed by atoms with van der Waals surface area (Å²) in [6.45, 7) is 4.87. The minimum Gasteiger partial charge on any atom is -0.466 e. The average molecular weight is 929 g/mol. The van der Waals surface area contributed by atoms with Gasteiger partial charge in [0.15, 0.2) is 0 Å². The molecule has 0 rings (SSSR count). The van der Waals surface area contributed by atoms with E-state index in [4.69, 9.17) is 4.74 Å². The number of rotatable bonds is 54. The van der Waals surface area contributed by atoms with Gasteiger partial charge in [-0.2, -0.15) is 0 Å². The summed E-state index contributed by atoms with van der Waals surface area (Å²) < 4.78 is 5.46. The van der Waals surface area contributed by atoms with Crippen molar-refractivity contribution in [2.45, 2.75) is 321 Å². The summed E-state index contributed by atoms with van der Waals surface area (Å²) in [6.07, 6.45) is 68.8. The third-order valence-electron chi connectivity index (χ3n) is 13.4. The Morgan fingerprint density at radius 2 is 0.712 bits per heavy atom. The van der Waals surface area contributed by atoms with Gasteiger partial charge in [0.25, 0.3) is 0 Å². The molecule has 6 heteroatoms. The first-order chi connectivity index (χ1) is 32.5. The SMILES string of the molecule is CCCCCC/C=C\CCCCCCCC(=O)OCCCCCCCCC/C=C\CCCCCCCC(=O)NC(CO)C(O)/C=C/CCCCCCCCCCCCCCCCCCCC. The predicted molar refractivity (Wildman–Crippen MR) is 287 cm³/mol. The Morgan fingerprint density at radius 3 is 1.09 bits per heavy atom. The Balaban J connectivity index is 3.51. The van der Waals surface area contributed by atoms with Crippen LogP contribution >= 0.6 is 0 Å². The molecule has 1 amide bonds. The zero-order chi connectivity index (χ0) is 47.9. The maximum Gasteiger partial charge on any atom is 0.305 e. The molecule has 0 radical (unpaired) electrons. The molecule has 0 saturated heterocycles. The van der Waals surface area contributed by atoms with Crippen molar-refractivity contribution >= 4 is 11.9 Å². The number of aliphatic hydroxyl groups is 2. The largest absolute Gasteiger partial charge is 0.466 e. The Bertz CT molecular complexity index is 1070. The van der Waals surface area contributed by atoms with Crippen molar-refractivity contribution in [2.24, 2.45) is 0 Å². The van der Waals surface area contributed by atoms with Crippen LogP contribution in [0, 0.1) is 0 Å². The van der Waals surface area contributed by atoms with Crippen LogP contribution in [-0.4, -0.2) is 47.4 Å². The van der Waals surface area contributed by atoms with E-state index in [9.17, 15) is 19.8 Å². The molecule has 0 heterocycles. The highest BCUT2D eigenvalue weighted by atomic mass is 16.5. The maximum absolute atomic E-state index is 12.5. The fourth-order valence-electron chi connectivity index (χ4n) is 8.86. The normalized spacial score (nSPS) is 12.8. The lowest BCUT2D eigenvalue weighted by molar-refractivity contribution is -0.143. The molecule has 0 bridgehead atoms. The molecule has 0 aromatic carbocycles. The molecule has 0 aliphatic rings. The predicted octanol–water partition coefficient (Wildman–Crippen LogP) is 18.0. The highest BCUT2D eigenvalue weighted by Gasteiger charge is 2.18. The minimum atomic E-state index is -0.856. The number of hydrogen-bond donors (Lipinski definition) is 3. The molecule has 0 fully saturated rings. The van der Waals surface area contributed by atoms with Crippen molar-refractivity contribution in [2.75, 3.05) is 13.2 Å². The summed E-state index contributed by atoms with van der Waals surface area (Å²) in [4.78, 5) is 24.5. The Labute approximate surface area is 411 Å². The van der Waals surface area contributed by atoms with Crippen molar-refractivity contribution in [3.63, 3.8) is 0 Å². The first kappa shape index (κ1) is 64.1. The zero-order valence-corrected chi connectivity index (χ0v) is 44.2. The molecule has 0 aliphatic heterocycles. The van der Waals surface area contributed by atoms with E-state index in [0.29, 0.717) is 19.4 Å². The highest BCUT2D eigenvalue weighted by molar-refractivity contribution is 5.76. The first-order valence-electron chi connectivity index (χ1n) is 29.3. The number of unbranched alkanes of at least 4 members (excludes halogenated alkanes) is 39. The van der Waals surface area contributed by atoms with Crippen LogP contribution in [0.1, 0.15) is 309 Å². The Hall–Kier alpha value is -1.92. The molecule has 3 N–H and O–H groups in total. The van der Waals surface area contributed by atoms with E-state index in [1.165, 1.54) is 218 Å². The van der Waals surface area contributed by atoms with Crippen LogP contribution < -0.4 is 5.32 Å². The van der Waals surface area contributed by atoms with Crippen molar-refractivity contribution in [1.29, 1.82) is 0 Å². The number of carbonyl (C=O) groups excluding carboxylic acids is 2. The molecular formula is C60H113NO5. The second kappa shape index (κ2) is 55.7. The van der Waals surface area contributed by atoms with E-state index < -0.39 is 12.1 Å². The van der Waals surface area contributed by atoms with Crippen LogP contribution in [-0.2, 0) is 14.3 Å². The van der Waals surface area contributed by atoms with Crippen LogP contribution in [0.25, 0.3) is 0 Å². The van der Waals surface area contributed by atoms with Gasteiger partial charge in [0.1, 0.15) is 0 Å². The second-order valence-corrected chi connectivity index (χ2v) is 20.0. The monoisotopic (exact) mass is 928 g/mol. The fraction of sp³-hybridized carbons (Fsp3) is 0.867. The fourth-order valence-corrected chi connectivity index (χ4v) is 8.86. The number of allylic oxidation sites excluding steroid dienone is 5. The van der Waals surface area contributed by atoms with Gasteiger partial charge in [-0.1, -0.05) is 249 Å². The van der Waals surface area contributed by atoms with Gasteiger partial charge in [0, 0.05) is 12.8 Å². The van der Waals surface area contributed by atoms with Crippen molar-refractivity contribution < 1.29 is 24.5 Å². The lowest BCUT2D eigenvalue weighted by atomic mass is 10.0. The first-order valence-corrected chi connectivity index (χ1v) is 29.3. The van der Waals surface area contributed by atoms with E-state index in [-0.39, 0.29) is 18.5 Å². The summed E-state index contributed by atoms with van der Waals surface area (Å²) in [6, 6.07) is -0.641. The van der Waals surface area contributed by atoms with Gasteiger partial charge in [-0.25, -0.2) is 0 Å². The van der Waals surface area contributed by atoms with Crippen LogP contribution in [0.3, 0.4) is 0 Å². The van der Waals surface area contributed by atoms with Gasteiger partial charge < -0.3 is 20.3 Å². The van der Waals surface area contributed by atoms with Gasteiger partial charge >= 0.3 is 5.97 Å². The summed E-state index contributed by atoms with van der Waals surface area (Å²) in [5.41, 5.74) is 0. The standard InChI is InChI=1S/C60H113NO5/c1-3-5-7-9-11-13-15-17-18-19-20-21-22-25-29-32-36-40-44-48-52-58(63)57(56-62)61-59(64)53-49-45-41-37-33-30-26-23-24-27-31-35-39-43-47-51-55-66-60(65)54-50-46-42-38-34-28-16-14-12-10-8-6-4-2/h14,16,23,26,48,52,57-58,62-63H,3-13,15,17-22,24-25,27-47,49-51,53-56H2,1-2H3,(H,61,64)/b16-14-,26-23-,52-48+. The maximum atomic E-state index is 12.5. The average Bonchev–Trinajstić information content (AvgIpc) is 3.32. The molecule has 0 spiro atoms. The quantitative estimate of drug-likeness (QED) is 0.0321. The molecule has 0 aromatic heterocycles. The number of carbonyl (C=O) groups is 2.